The van der Waals surface area contributed by atoms with Gasteiger partial charge < -0.3 is 14.6 Å². The van der Waals surface area contributed by atoms with Gasteiger partial charge in [-0.05, 0) is 48.0 Å². The number of carbonyl (C=O) groups is 1. The van der Waals surface area contributed by atoms with Crippen LogP contribution in [0.25, 0.3) is 22.3 Å². The molecule has 8 nitrogen and oxygen atoms in total. The van der Waals surface area contributed by atoms with Crippen molar-refractivity contribution in [3.63, 3.8) is 0 Å². The Bertz CT molecular complexity index is 1520. The Balaban J connectivity index is 1.86. The summed E-state index contributed by atoms with van der Waals surface area (Å²) in [7, 11) is 0. The summed E-state index contributed by atoms with van der Waals surface area (Å²) >= 11 is 9.95. The number of hydrogen-bond acceptors (Lipinski definition) is 6. The van der Waals surface area contributed by atoms with Crippen molar-refractivity contribution in [1.29, 1.82) is 0 Å². The molecule has 36 heavy (non-hydrogen) atoms. The number of aromatic nitrogens is 2. The first-order valence-corrected chi connectivity index (χ1v) is 12.1. The van der Waals surface area contributed by atoms with Crippen LogP contribution >= 0.6 is 27.5 Å². The summed E-state index contributed by atoms with van der Waals surface area (Å²) in [5.74, 6) is -0.440. The van der Waals surface area contributed by atoms with Crippen LogP contribution in [-0.4, -0.2) is 39.7 Å². The Morgan fingerprint density at radius 3 is 2.61 bits per heavy atom. The molecule has 0 aliphatic rings. The lowest BCUT2D eigenvalue weighted by molar-refractivity contribution is -0.144. The predicted molar refractivity (Wildman–Crippen MR) is 142 cm³/mol. The van der Waals surface area contributed by atoms with E-state index in [4.69, 9.17) is 21.1 Å². The summed E-state index contributed by atoms with van der Waals surface area (Å²) in [6, 6.07) is 17.9. The SMILES string of the molecule is CCOc1cc(C=Nn2c(-c3ccccc3)nc3ccccc3c2=O)c(Br)c(Cl)c1O[C@H](C)C(=O)O. The zero-order valence-electron chi connectivity index (χ0n) is 19.3. The molecule has 0 radical (unpaired) electrons. The molecule has 3 aromatic carbocycles. The Labute approximate surface area is 219 Å². The molecule has 0 bridgehead atoms. The smallest absolute Gasteiger partial charge is 0.344 e. The van der Waals surface area contributed by atoms with Gasteiger partial charge in [0.15, 0.2) is 23.4 Å². The molecule has 4 aromatic rings. The topological polar surface area (TPSA) is 103 Å². The second kappa shape index (κ2) is 10.9. The molecule has 0 amide bonds. The third-order valence-electron chi connectivity index (χ3n) is 5.20. The molecule has 0 aliphatic carbocycles. The maximum absolute atomic E-state index is 13.4. The molecular formula is C26H21BrClN3O5. The maximum Gasteiger partial charge on any atom is 0.344 e. The minimum atomic E-state index is -1.15. The number of para-hydroxylation sites is 1. The second-order valence-corrected chi connectivity index (χ2v) is 8.80. The van der Waals surface area contributed by atoms with Crippen molar-refractivity contribution in [1.82, 2.24) is 9.66 Å². The van der Waals surface area contributed by atoms with E-state index in [0.29, 0.717) is 33.4 Å². The van der Waals surface area contributed by atoms with Gasteiger partial charge in [0.1, 0.15) is 5.02 Å². The van der Waals surface area contributed by atoms with Crippen molar-refractivity contribution in [3.05, 3.63) is 86.1 Å². The second-order valence-electron chi connectivity index (χ2n) is 7.63. The van der Waals surface area contributed by atoms with Crippen LogP contribution in [0.3, 0.4) is 0 Å². The number of aliphatic carboxylic acids is 1. The summed E-state index contributed by atoms with van der Waals surface area (Å²) < 4.78 is 12.8. The molecule has 184 valence electrons. The van der Waals surface area contributed by atoms with E-state index in [1.165, 1.54) is 17.8 Å². The molecule has 0 spiro atoms. The highest BCUT2D eigenvalue weighted by molar-refractivity contribution is 9.10. The van der Waals surface area contributed by atoms with Crippen LogP contribution < -0.4 is 15.0 Å². The average Bonchev–Trinajstić information content (AvgIpc) is 2.88. The zero-order chi connectivity index (χ0) is 25.8. The lowest BCUT2D eigenvalue weighted by Crippen LogP contribution is -2.23. The summed E-state index contributed by atoms with van der Waals surface area (Å²) in [6.45, 7) is 3.46. The number of nitrogens with zero attached hydrogens (tertiary/aromatic N) is 3. The van der Waals surface area contributed by atoms with Gasteiger partial charge in [0.25, 0.3) is 5.56 Å². The fourth-order valence-corrected chi connectivity index (χ4v) is 4.07. The van der Waals surface area contributed by atoms with Crippen molar-refractivity contribution >= 4 is 50.6 Å². The Hall–Kier alpha value is -3.69. The van der Waals surface area contributed by atoms with Gasteiger partial charge in [-0.25, -0.2) is 9.78 Å². The third-order valence-corrected chi connectivity index (χ3v) is 6.64. The number of hydrogen-bond donors (Lipinski definition) is 1. The molecule has 0 aliphatic heterocycles. The van der Waals surface area contributed by atoms with Crippen LogP contribution in [0.2, 0.25) is 5.02 Å². The first-order valence-electron chi connectivity index (χ1n) is 11.0. The van der Waals surface area contributed by atoms with E-state index in [0.717, 1.165) is 5.56 Å². The van der Waals surface area contributed by atoms with Gasteiger partial charge in [-0.2, -0.15) is 9.78 Å². The molecule has 0 fully saturated rings. The lowest BCUT2D eigenvalue weighted by atomic mass is 10.2. The fourth-order valence-electron chi connectivity index (χ4n) is 3.42. The van der Waals surface area contributed by atoms with E-state index in [9.17, 15) is 14.7 Å². The van der Waals surface area contributed by atoms with Crippen molar-refractivity contribution < 1.29 is 19.4 Å². The summed E-state index contributed by atoms with van der Waals surface area (Å²) in [4.78, 5) is 29.3. The van der Waals surface area contributed by atoms with Gasteiger partial charge in [-0.1, -0.05) is 54.1 Å². The third kappa shape index (κ3) is 5.12. The average molecular weight is 571 g/mol. The molecule has 10 heteroatoms. The quantitative estimate of drug-likeness (QED) is 0.276. The van der Waals surface area contributed by atoms with Gasteiger partial charge in [-0.3, -0.25) is 4.79 Å². The number of fused-ring (bicyclic) bond motifs is 1. The lowest BCUT2D eigenvalue weighted by Gasteiger charge is -2.18. The summed E-state index contributed by atoms with van der Waals surface area (Å²) in [5, 5.41) is 14.2. The molecule has 1 aromatic heterocycles. The highest BCUT2D eigenvalue weighted by Crippen LogP contribution is 2.42. The normalized spacial score (nSPS) is 12.1. The molecule has 4 rings (SSSR count). The highest BCUT2D eigenvalue weighted by Gasteiger charge is 2.22. The molecule has 0 saturated heterocycles. The van der Waals surface area contributed by atoms with Crippen LogP contribution in [0.5, 0.6) is 11.5 Å². The van der Waals surface area contributed by atoms with Gasteiger partial charge in [0, 0.05) is 15.6 Å². The highest BCUT2D eigenvalue weighted by atomic mass is 79.9. The van der Waals surface area contributed by atoms with E-state index in [1.807, 2.05) is 36.4 Å². The van der Waals surface area contributed by atoms with E-state index in [1.54, 1.807) is 31.2 Å². The van der Waals surface area contributed by atoms with Crippen LogP contribution in [0.15, 0.2) is 75.0 Å². The first kappa shape index (κ1) is 25.4. The number of benzene rings is 3. The minimum absolute atomic E-state index is 0.0898. The van der Waals surface area contributed by atoms with Gasteiger partial charge in [0.05, 0.1) is 23.7 Å². The molecular weight excluding hydrogens is 550 g/mol. The van der Waals surface area contributed by atoms with Gasteiger partial charge in [0.2, 0.25) is 0 Å². The van der Waals surface area contributed by atoms with Crippen molar-refractivity contribution in [2.45, 2.75) is 20.0 Å². The van der Waals surface area contributed by atoms with Crippen LogP contribution in [0.4, 0.5) is 0 Å². The number of ether oxygens (including phenoxy) is 2. The largest absolute Gasteiger partial charge is 0.490 e. The van der Waals surface area contributed by atoms with E-state index in [2.05, 4.69) is 26.0 Å². The van der Waals surface area contributed by atoms with Crippen molar-refractivity contribution in [2.75, 3.05) is 6.61 Å². The fraction of sp³-hybridized carbons (Fsp3) is 0.154. The van der Waals surface area contributed by atoms with Gasteiger partial charge >= 0.3 is 5.97 Å². The van der Waals surface area contributed by atoms with E-state index < -0.39 is 12.1 Å². The van der Waals surface area contributed by atoms with Crippen LogP contribution in [0.1, 0.15) is 19.4 Å². The standard InChI is InChI=1S/C26H21BrClN3O5/c1-3-35-20-13-17(21(27)22(28)23(20)36-15(2)26(33)34)14-29-31-24(16-9-5-4-6-10-16)30-19-12-8-7-11-18(19)25(31)32/h4-15H,3H2,1-2H3,(H,33,34)/t15-/m1/s1. The van der Waals surface area contributed by atoms with Crippen LogP contribution in [-0.2, 0) is 4.79 Å². The Kier molecular flexibility index (Phi) is 7.71. The van der Waals surface area contributed by atoms with Gasteiger partial charge in [-0.15, -0.1) is 0 Å². The minimum Gasteiger partial charge on any atom is -0.490 e. The monoisotopic (exact) mass is 569 g/mol. The van der Waals surface area contributed by atoms with E-state index >= 15 is 0 Å². The summed E-state index contributed by atoms with van der Waals surface area (Å²) in [6.07, 6.45) is 0.302. The van der Waals surface area contributed by atoms with Crippen LogP contribution in [0, 0.1) is 0 Å². The molecule has 0 unspecified atom stereocenters. The number of carboxylic acid groups (broad SMARTS) is 1. The molecule has 0 saturated carbocycles. The number of carboxylic acids is 1. The molecule has 1 atom stereocenters. The van der Waals surface area contributed by atoms with Crippen molar-refractivity contribution in [3.8, 4) is 22.9 Å². The van der Waals surface area contributed by atoms with Crippen molar-refractivity contribution in [2.24, 2.45) is 5.10 Å². The Morgan fingerprint density at radius 1 is 1.22 bits per heavy atom. The summed E-state index contributed by atoms with van der Waals surface area (Å²) in [5.41, 5.74) is 1.43. The molecule has 1 N–H and O–H groups in total. The first-order chi connectivity index (χ1) is 17.3. The predicted octanol–water partition coefficient (Wildman–Crippen LogP) is 5.61. The maximum atomic E-state index is 13.4. The number of halogens is 2. The molecule has 1 heterocycles. The zero-order valence-corrected chi connectivity index (χ0v) is 21.7. The Morgan fingerprint density at radius 2 is 1.92 bits per heavy atom. The number of rotatable bonds is 8. The van der Waals surface area contributed by atoms with E-state index in [-0.39, 0.29) is 22.1 Å².